The van der Waals surface area contributed by atoms with E-state index in [1.165, 1.54) is 11.1 Å². The summed E-state index contributed by atoms with van der Waals surface area (Å²) in [5.41, 5.74) is 2.52. The Morgan fingerprint density at radius 3 is 2.17 bits per heavy atom. The van der Waals surface area contributed by atoms with Crippen LogP contribution in [0.3, 0.4) is 0 Å². The van der Waals surface area contributed by atoms with Gasteiger partial charge in [0.2, 0.25) is 0 Å². The number of carbonyl (C=O) groups is 1. The normalized spacial score (nSPS) is 41.5. The Balaban J connectivity index is 1.68. The number of hydrogen-bond acceptors (Lipinski definition) is 3. The van der Waals surface area contributed by atoms with E-state index in [4.69, 9.17) is 0 Å². The molecule has 3 heteroatoms. The summed E-state index contributed by atoms with van der Waals surface area (Å²) in [7, 11) is 0. The molecule has 0 spiro atoms. The van der Waals surface area contributed by atoms with Gasteiger partial charge < -0.3 is 0 Å². The van der Waals surface area contributed by atoms with Gasteiger partial charge in [-0.15, -0.1) is 0 Å². The largest absolute Gasteiger partial charge is 0.298 e. The highest BCUT2D eigenvalue weighted by molar-refractivity contribution is 5.93. The van der Waals surface area contributed by atoms with Crippen LogP contribution < -0.4 is 0 Å². The zero-order chi connectivity index (χ0) is 16.2. The number of benzene rings is 1. The Hall–Kier alpha value is -1.19. The minimum absolute atomic E-state index is 0.111. The molecular weight excluding hydrogens is 284 g/mol. The highest BCUT2D eigenvalue weighted by Gasteiger charge is 2.63. The lowest BCUT2D eigenvalue weighted by atomic mass is 9.59. The molecule has 124 valence electrons. The minimum Gasteiger partial charge on any atom is -0.298 e. The van der Waals surface area contributed by atoms with E-state index in [1.54, 1.807) is 0 Å². The first-order valence-electron chi connectivity index (χ1n) is 9.13. The van der Waals surface area contributed by atoms with E-state index in [0.29, 0.717) is 11.9 Å². The number of ketones is 1. The first-order valence-corrected chi connectivity index (χ1v) is 9.13. The molecule has 2 atom stereocenters. The van der Waals surface area contributed by atoms with Crippen molar-refractivity contribution in [2.75, 3.05) is 26.2 Å². The fraction of sp³-hybridized carbons (Fsp3) is 0.650. The number of carbonyl (C=O) groups excluding carboxylic acids is 1. The van der Waals surface area contributed by atoms with Gasteiger partial charge in [0.1, 0.15) is 5.78 Å². The molecule has 0 radical (unpaired) electrons. The summed E-state index contributed by atoms with van der Waals surface area (Å²) in [6.45, 7) is 10.3. The van der Waals surface area contributed by atoms with E-state index in [-0.39, 0.29) is 10.8 Å². The van der Waals surface area contributed by atoms with E-state index in [2.05, 4.69) is 54.8 Å². The summed E-state index contributed by atoms with van der Waals surface area (Å²) in [5.74, 6) is 0.541. The summed E-state index contributed by atoms with van der Waals surface area (Å²) in [5, 5.41) is 0. The molecule has 0 amide bonds. The lowest BCUT2D eigenvalue weighted by Gasteiger charge is -2.65. The topological polar surface area (TPSA) is 23.6 Å². The number of piperidine rings is 2. The zero-order valence-corrected chi connectivity index (χ0v) is 14.6. The summed E-state index contributed by atoms with van der Waals surface area (Å²) in [6, 6.07) is 9.11. The molecule has 4 aliphatic heterocycles. The Bertz CT molecular complexity index is 605. The Labute approximate surface area is 139 Å². The molecule has 23 heavy (non-hydrogen) atoms. The molecule has 4 heterocycles. The fourth-order valence-corrected chi connectivity index (χ4v) is 5.49. The molecule has 4 fully saturated rings. The molecule has 4 aliphatic rings. The van der Waals surface area contributed by atoms with Gasteiger partial charge >= 0.3 is 0 Å². The van der Waals surface area contributed by atoms with Gasteiger partial charge in [-0.25, -0.2) is 0 Å². The predicted molar refractivity (Wildman–Crippen MR) is 92.2 cm³/mol. The number of aryl methyl sites for hydroxylation is 1. The Morgan fingerprint density at radius 2 is 1.65 bits per heavy atom. The third kappa shape index (κ3) is 2.13. The zero-order valence-electron chi connectivity index (χ0n) is 14.6. The van der Waals surface area contributed by atoms with Crippen LogP contribution in [0.5, 0.6) is 0 Å². The van der Waals surface area contributed by atoms with E-state index < -0.39 is 0 Å². The van der Waals surface area contributed by atoms with Crippen molar-refractivity contribution in [3.63, 3.8) is 0 Å². The van der Waals surface area contributed by atoms with Crippen LogP contribution in [0, 0.1) is 10.8 Å². The van der Waals surface area contributed by atoms with Gasteiger partial charge in [0.05, 0.1) is 17.0 Å². The smallest absolute Gasteiger partial charge is 0.150 e. The average molecular weight is 312 g/mol. The van der Waals surface area contributed by atoms with Gasteiger partial charge in [-0.05, 0) is 24.0 Å². The molecule has 5 rings (SSSR count). The third-order valence-corrected chi connectivity index (χ3v) is 6.25. The van der Waals surface area contributed by atoms with E-state index >= 15 is 0 Å². The van der Waals surface area contributed by atoms with Crippen molar-refractivity contribution in [1.29, 1.82) is 0 Å². The van der Waals surface area contributed by atoms with Crippen LogP contribution in [0.2, 0.25) is 0 Å². The number of hydrogen-bond donors (Lipinski definition) is 0. The minimum atomic E-state index is -0.161. The van der Waals surface area contributed by atoms with Gasteiger partial charge in [0.15, 0.2) is 0 Å². The monoisotopic (exact) mass is 312 g/mol. The van der Waals surface area contributed by atoms with Crippen molar-refractivity contribution >= 4 is 5.78 Å². The fourth-order valence-electron chi connectivity index (χ4n) is 5.49. The highest BCUT2D eigenvalue weighted by atomic mass is 16.1. The Kier molecular flexibility index (Phi) is 3.44. The molecule has 1 aromatic carbocycles. The van der Waals surface area contributed by atoms with Crippen molar-refractivity contribution in [2.24, 2.45) is 10.8 Å². The SMILES string of the molecule is CCCC12CN3CC(C)(CN(C1)C3c1ccc(CC)cc1)C2=O. The molecule has 1 aromatic rings. The number of nitrogens with zero attached hydrogens (tertiary/aromatic N) is 2. The third-order valence-electron chi connectivity index (χ3n) is 6.25. The molecule has 4 bridgehead atoms. The van der Waals surface area contributed by atoms with Crippen LogP contribution in [0.1, 0.15) is 50.9 Å². The predicted octanol–water partition coefficient (Wildman–Crippen LogP) is 3.25. The first kappa shape index (κ1) is 15.3. The number of Topliss-reactive ketones (excluding diaryl/α,β-unsaturated/α-hetero) is 1. The molecule has 4 saturated heterocycles. The molecular formula is C20H28N2O. The van der Waals surface area contributed by atoms with E-state index in [1.807, 2.05) is 0 Å². The van der Waals surface area contributed by atoms with Crippen LogP contribution >= 0.6 is 0 Å². The maximum Gasteiger partial charge on any atom is 0.150 e. The van der Waals surface area contributed by atoms with Crippen molar-refractivity contribution < 1.29 is 4.79 Å². The summed E-state index contributed by atoms with van der Waals surface area (Å²) < 4.78 is 0. The molecule has 0 aliphatic carbocycles. The van der Waals surface area contributed by atoms with Gasteiger partial charge in [-0.3, -0.25) is 14.6 Å². The average Bonchev–Trinajstić information content (AvgIpc) is 2.52. The Morgan fingerprint density at radius 1 is 1.04 bits per heavy atom. The lowest BCUT2D eigenvalue weighted by Crippen LogP contribution is -2.76. The van der Waals surface area contributed by atoms with Crippen LogP contribution in [0.15, 0.2) is 24.3 Å². The van der Waals surface area contributed by atoms with Crippen molar-refractivity contribution in [3.05, 3.63) is 35.4 Å². The van der Waals surface area contributed by atoms with Crippen molar-refractivity contribution in [1.82, 2.24) is 9.80 Å². The molecule has 0 aromatic heterocycles. The molecule has 0 N–H and O–H groups in total. The second-order valence-corrected chi connectivity index (χ2v) is 8.20. The van der Waals surface area contributed by atoms with Gasteiger partial charge in [0, 0.05) is 26.2 Å². The highest BCUT2D eigenvalue weighted by Crippen LogP contribution is 2.53. The lowest BCUT2D eigenvalue weighted by molar-refractivity contribution is -0.201. The van der Waals surface area contributed by atoms with Crippen LogP contribution in [0.4, 0.5) is 0 Å². The van der Waals surface area contributed by atoms with Gasteiger partial charge in [-0.1, -0.05) is 51.5 Å². The quantitative estimate of drug-likeness (QED) is 0.852. The van der Waals surface area contributed by atoms with Gasteiger partial charge in [0.25, 0.3) is 0 Å². The second-order valence-electron chi connectivity index (χ2n) is 8.20. The molecule has 2 unspecified atom stereocenters. The van der Waals surface area contributed by atoms with Crippen LogP contribution in [0.25, 0.3) is 0 Å². The summed E-state index contributed by atoms with van der Waals surface area (Å²) in [6.07, 6.45) is 3.59. The number of rotatable bonds is 4. The van der Waals surface area contributed by atoms with E-state index in [0.717, 1.165) is 45.4 Å². The van der Waals surface area contributed by atoms with Crippen molar-refractivity contribution in [3.8, 4) is 0 Å². The first-order chi connectivity index (χ1) is 11.0. The van der Waals surface area contributed by atoms with Gasteiger partial charge in [-0.2, -0.15) is 0 Å². The maximum absolute atomic E-state index is 13.1. The standard InChI is InChI=1S/C20H28N2O/c1-4-10-20-13-21-11-19(3,18(20)23)12-22(14-20)17(21)16-8-6-15(5-2)7-9-16/h6-9,17H,4-5,10-14H2,1-3H3. The summed E-state index contributed by atoms with van der Waals surface area (Å²) in [4.78, 5) is 18.2. The van der Waals surface area contributed by atoms with Crippen molar-refractivity contribution in [2.45, 2.75) is 46.2 Å². The van der Waals surface area contributed by atoms with Crippen LogP contribution in [-0.2, 0) is 11.2 Å². The van der Waals surface area contributed by atoms with Crippen LogP contribution in [-0.4, -0.2) is 41.8 Å². The van der Waals surface area contributed by atoms with E-state index in [9.17, 15) is 4.79 Å². The molecule has 0 saturated carbocycles. The maximum atomic E-state index is 13.1. The summed E-state index contributed by atoms with van der Waals surface area (Å²) >= 11 is 0. The second kappa shape index (κ2) is 5.15. The molecule has 3 nitrogen and oxygen atoms in total.